The first-order valence-electron chi connectivity index (χ1n) is 3.62. The van der Waals surface area contributed by atoms with Gasteiger partial charge in [-0.15, -0.1) is 9.24 Å². The number of furan rings is 1. The smallest absolute Gasteiger partial charge is 0.169 e. The molecule has 0 aliphatic rings. The SMILES string of the molecule is Cc1cc2cc(P)cc(F)c2o1. The molecule has 0 aliphatic heterocycles. The maximum Gasteiger partial charge on any atom is 0.169 e. The van der Waals surface area contributed by atoms with Gasteiger partial charge < -0.3 is 4.42 Å². The van der Waals surface area contributed by atoms with E-state index in [0.717, 1.165) is 16.5 Å². The van der Waals surface area contributed by atoms with Crippen LogP contribution in [0.3, 0.4) is 0 Å². The van der Waals surface area contributed by atoms with Crippen LogP contribution in [0.1, 0.15) is 5.76 Å². The highest BCUT2D eigenvalue weighted by Gasteiger charge is 2.06. The van der Waals surface area contributed by atoms with E-state index in [0.29, 0.717) is 5.58 Å². The van der Waals surface area contributed by atoms with Gasteiger partial charge in [0.25, 0.3) is 0 Å². The Morgan fingerprint density at radius 3 is 2.83 bits per heavy atom. The maximum atomic E-state index is 13.2. The van der Waals surface area contributed by atoms with Crippen molar-refractivity contribution in [3.8, 4) is 0 Å². The Kier molecular flexibility index (Phi) is 1.66. The van der Waals surface area contributed by atoms with Gasteiger partial charge in [-0.3, -0.25) is 0 Å². The maximum absolute atomic E-state index is 13.2. The fraction of sp³-hybridized carbons (Fsp3) is 0.111. The molecule has 62 valence electrons. The van der Waals surface area contributed by atoms with Crippen LogP contribution in [0.5, 0.6) is 0 Å². The first-order chi connectivity index (χ1) is 5.66. The summed E-state index contributed by atoms with van der Waals surface area (Å²) >= 11 is 0. The molecule has 1 aromatic carbocycles. The minimum atomic E-state index is -0.300. The van der Waals surface area contributed by atoms with E-state index in [-0.39, 0.29) is 5.82 Å². The zero-order chi connectivity index (χ0) is 8.72. The number of rotatable bonds is 0. The quantitative estimate of drug-likeness (QED) is 0.570. The summed E-state index contributed by atoms with van der Waals surface area (Å²) in [5, 5.41) is 1.65. The van der Waals surface area contributed by atoms with E-state index in [9.17, 15) is 4.39 Å². The van der Waals surface area contributed by atoms with Gasteiger partial charge >= 0.3 is 0 Å². The summed E-state index contributed by atoms with van der Waals surface area (Å²) in [6, 6.07) is 5.14. The molecule has 1 nitrogen and oxygen atoms in total. The van der Waals surface area contributed by atoms with Crippen LogP contribution in [0, 0.1) is 12.7 Å². The molecule has 0 amide bonds. The second-order valence-electron chi connectivity index (χ2n) is 2.78. The molecule has 2 aromatic rings. The van der Waals surface area contributed by atoms with Crippen LogP contribution < -0.4 is 5.30 Å². The van der Waals surface area contributed by atoms with E-state index >= 15 is 0 Å². The van der Waals surface area contributed by atoms with Gasteiger partial charge in [-0.1, -0.05) is 0 Å². The molecule has 0 fully saturated rings. The van der Waals surface area contributed by atoms with Crippen molar-refractivity contribution in [2.75, 3.05) is 0 Å². The zero-order valence-corrected chi connectivity index (χ0v) is 7.75. The highest BCUT2D eigenvalue weighted by Crippen LogP contribution is 2.21. The molecule has 0 radical (unpaired) electrons. The second-order valence-corrected chi connectivity index (χ2v) is 3.44. The van der Waals surface area contributed by atoms with Gasteiger partial charge in [-0.25, -0.2) is 4.39 Å². The summed E-state index contributed by atoms with van der Waals surface area (Å²) in [6.45, 7) is 1.81. The molecule has 0 bridgehead atoms. The van der Waals surface area contributed by atoms with E-state index in [2.05, 4.69) is 9.24 Å². The molecule has 0 saturated heterocycles. The Morgan fingerprint density at radius 2 is 2.08 bits per heavy atom. The molecule has 2 rings (SSSR count). The van der Waals surface area contributed by atoms with Crippen molar-refractivity contribution in [2.45, 2.75) is 6.92 Å². The first-order valence-corrected chi connectivity index (χ1v) is 4.20. The van der Waals surface area contributed by atoms with Crippen molar-refractivity contribution < 1.29 is 8.81 Å². The lowest BCUT2D eigenvalue weighted by atomic mass is 10.2. The highest BCUT2D eigenvalue weighted by molar-refractivity contribution is 7.27. The second kappa shape index (κ2) is 2.56. The highest BCUT2D eigenvalue weighted by atomic mass is 31.0. The monoisotopic (exact) mass is 182 g/mol. The number of halogens is 1. The molecule has 1 atom stereocenters. The van der Waals surface area contributed by atoms with Crippen molar-refractivity contribution in [3.05, 3.63) is 29.8 Å². The van der Waals surface area contributed by atoms with Crippen LogP contribution in [0.25, 0.3) is 11.0 Å². The van der Waals surface area contributed by atoms with Gasteiger partial charge in [-0.2, -0.15) is 0 Å². The number of benzene rings is 1. The summed E-state index contributed by atoms with van der Waals surface area (Å²) in [7, 11) is 2.46. The van der Waals surface area contributed by atoms with Crippen LogP contribution in [0.15, 0.2) is 22.6 Å². The summed E-state index contributed by atoms with van der Waals surface area (Å²) in [5.41, 5.74) is 0.346. The normalized spacial score (nSPS) is 10.9. The largest absolute Gasteiger partial charge is 0.458 e. The van der Waals surface area contributed by atoms with Crippen molar-refractivity contribution in [2.24, 2.45) is 0 Å². The van der Waals surface area contributed by atoms with Gasteiger partial charge in [-0.05, 0) is 30.4 Å². The molecule has 1 aromatic heterocycles. The predicted octanol–water partition coefficient (Wildman–Crippen LogP) is 2.38. The van der Waals surface area contributed by atoms with Crippen molar-refractivity contribution in [1.29, 1.82) is 0 Å². The van der Waals surface area contributed by atoms with Crippen molar-refractivity contribution in [1.82, 2.24) is 0 Å². The van der Waals surface area contributed by atoms with Gasteiger partial charge in [0.1, 0.15) is 5.76 Å². The Bertz CT molecular complexity index is 433. The summed E-state index contributed by atoms with van der Waals surface area (Å²) < 4.78 is 18.3. The molecule has 1 heterocycles. The van der Waals surface area contributed by atoms with E-state index in [1.807, 2.05) is 19.1 Å². The minimum absolute atomic E-state index is 0.300. The van der Waals surface area contributed by atoms with Crippen LogP contribution >= 0.6 is 9.24 Å². The summed E-state index contributed by atoms with van der Waals surface area (Å²) in [5.74, 6) is 0.435. The summed E-state index contributed by atoms with van der Waals surface area (Å²) in [4.78, 5) is 0. The predicted molar refractivity (Wildman–Crippen MR) is 50.3 cm³/mol. The topological polar surface area (TPSA) is 13.1 Å². The van der Waals surface area contributed by atoms with Crippen molar-refractivity contribution in [3.63, 3.8) is 0 Å². The molecule has 0 spiro atoms. The van der Waals surface area contributed by atoms with Crippen LogP contribution in [0.2, 0.25) is 0 Å². The van der Waals surface area contributed by atoms with E-state index in [1.54, 1.807) is 0 Å². The number of hydrogen-bond donors (Lipinski definition) is 0. The van der Waals surface area contributed by atoms with E-state index < -0.39 is 0 Å². The van der Waals surface area contributed by atoms with Gasteiger partial charge in [0.2, 0.25) is 0 Å². The number of aryl methyl sites for hydroxylation is 1. The van der Waals surface area contributed by atoms with Crippen LogP contribution in [0.4, 0.5) is 4.39 Å². The average Bonchev–Trinajstić information content (AvgIpc) is 2.29. The number of fused-ring (bicyclic) bond motifs is 1. The third-order valence-corrected chi connectivity index (χ3v) is 2.05. The first kappa shape index (κ1) is 7.75. The molecule has 0 saturated carbocycles. The number of hydrogen-bond acceptors (Lipinski definition) is 1. The standard InChI is InChI=1S/C9H8FOP/c1-5-2-6-3-7(12)4-8(10)9(6)11-5/h2-4H,12H2,1H3. The van der Waals surface area contributed by atoms with Gasteiger partial charge in [0.05, 0.1) is 0 Å². The lowest BCUT2D eigenvalue weighted by Gasteiger charge is -1.93. The van der Waals surface area contributed by atoms with E-state index in [4.69, 9.17) is 4.42 Å². The molecule has 3 heteroatoms. The lowest BCUT2D eigenvalue weighted by molar-refractivity contribution is 0.539. The Balaban J connectivity index is 2.88. The Hall–Kier alpha value is -0.880. The fourth-order valence-electron chi connectivity index (χ4n) is 1.26. The lowest BCUT2D eigenvalue weighted by Crippen LogP contribution is -1.90. The third-order valence-electron chi connectivity index (χ3n) is 1.72. The third kappa shape index (κ3) is 1.12. The molecule has 1 unspecified atom stereocenters. The van der Waals surface area contributed by atoms with Crippen molar-refractivity contribution >= 4 is 25.5 Å². The fourth-order valence-corrected chi connectivity index (χ4v) is 1.59. The molecular weight excluding hydrogens is 174 g/mol. The summed E-state index contributed by atoms with van der Waals surface area (Å²) in [6.07, 6.45) is 0. The molecular formula is C9H8FOP. The van der Waals surface area contributed by atoms with Gasteiger partial charge in [0, 0.05) is 5.39 Å². The average molecular weight is 182 g/mol. The van der Waals surface area contributed by atoms with Gasteiger partial charge in [0.15, 0.2) is 11.4 Å². The molecule has 0 aliphatic carbocycles. The Morgan fingerprint density at radius 1 is 1.33 bits per heavy atom. The molecule has 12 heavy (non-hydrogen) atoms. The zero-order valence-electron chi connectivity index (χ0n) is 6.60. The van der Waals surface area contributed by atoms with Crippen LogP contribution in [-0.2, 0) is 0 Å². The Labute approximate surface area is 71.8 Å². The van der Waals surface area contributed by atoms with Crippen LogP contribution in [-0.4, -0.2) is 0 Å². The van der Waals surface area contributed by atoms with E-state index in [1.165, 1.54) is 6.07 Å². The molecule has 0 N–H and O–H groups in total. The minimum Gasteiger partial charge on any atom is -0.458 e.